The molecule has 0 aliphatic carbocycles. The molecular weight excluding hydrogens is 600 g/mol. The van der Waals surface area contributed by atoms with Crippen LogP contribution in [-0.4, -0.2) is 69.6 Å². The summed E-state index contributed by atoms with van der Waals surface area (Å²) in [7, 11) is 0. The van der Waals surface area contributed by atoms with E-state index in [-0.39, 0.29) is 31.4 Å². The van der Waals surface area contributed by atoms with Crippen LogP contribution in [0.4, 0.5) is 0 Å². The van der Waals surface area contributed by atoms with Crippen molar-refractivity contribution in [2.24, 2.45) is 11.5 Å². The van der Waals surface area contributed by atoms with Gasteiger partial charge in [0.25, 0.3) is 0 Å². The number of phenolic OH excluding ortho intramolecular Hbond substituents is 1. The third-order valence-corrected chi connectivity index (χ3v) is 7.94. The number of fused-ring (bicyclic) bond motifs is 1. The summed E-state index contributed by atoms with van der Waals surface area (Å²) in [5.41, 5.74) is 14.9. The Morgan fingerprint density at radius 2 is 1.32 bits per heavy atom. The van der Waals surface area contributed by atoms with Crippen LogP contribution >= 0.6 is 0 Å². The van der Waals surface area contributed by atoms with Crippen molar-refractivity contribution >= 4 is 34.6 Å². The molecule has 248 valence electrons. The van der Waals surface area contributed by atoms with Gasteiger partial charge in [0.05, 0.1) is 6.04 Å². The average Bonchev–Trinajstić information content (AvgIpc) is 3.47. The third-order valence-electron chi connectivity index (χ3n) is 7.94. The lowest BCUT2D eigenvalue weighted by Crippen LogP contribution is -2.58. The number of aliphatic carboxylic acids is 1. The normalized spacial score (nSPS) is 13.7. The SMILES string of the molecule is NCCCCC(NC(=O)C(Cc1ccccc1)NC(=O)C(N)Cc1ccc(O)cc1)C(=O)NC(Cc1c[nH]c2ccccc12)C(=O)O. The first-order valence-corrected chi connectivity index (χ1v) is 15.6. The molecule has 4 rings (SSSR count). The number of carbonyl (C=O) groups excluding carboxylic acids is 3. The fourth-order valence-electron chi connectivity index (χ4n) is 5.34. The maximum atomic E-state index is 13.8. The van der Waals surface area contributed by atoms with Gasteiger partial charge in [0, 0.05) is 29.9 Å². The van der Waals surface area contributed by atoms with Crippen molar-refractivity contribution in [1.82, 2.24) is 20.9 Å². The fraction of sp³-hybridized carbons (Fsp3) is 0.314. The molecule has 0 radical (unpaired) electrons. The van der Waals surface area contributed by atoms with Crippen molar-refractivity contribution in [3.8, 4) is 5.75 Å². The lowest BCUT2D eigenvalue weighted by atomic mass is 10.0. The first-order chi connectivity index (χ1) is 22.6. The molecule has 3 aromatic carbocycles. The quantitative estimate of drug-likeness (QED) is 0.0795. The second-order valence-corrected chi connectivity index (χ2v) is 11.5. The minimum absolute atomic E-state index is 0.0279. The van der Waals surface area contributed by atoms with Crippen LogP contribution < -0.4 is 27.4 Å². The Morgan fingerprint density at radius 1 is 0.702 bits per heavy atom. The summed E-state index contributed by atoms with van der Waals surface area (Å²) in [5, 5.41) is 28.5. The monoisotopic (exact) mass is 642 g/mol. The summed E-state index contributed by atoms with van der Waals surface area (Å²) >= 11 is 0. The predicted molar refractivity (Wildman–Crippen MR) is 178 cm³/mol. The van der Waals surface area contributed by atoms with Crippen LogP contribution in [0.25, 0.3) is 10.9 Å². The Kier molecular flexibility index (Phi) is 12.5. The zero-order chi connectivity index (χ0) is 33.8. The maximum absolute atomic E-state index is 13.8. The number of carboxylic acid groups (broad SMARTS) is 1. The van der Waals surface area contributed by atoms with Crippen LogP contribution in [0, 0.1) is 0 Å². The third kappa shape index (κ3) is 10.1. The molecule has 47 heavy (non-hydrogen) atoms. The van der Waals surface area contributed by atoms with E-state index in [0.717, 1.165) is 27.6 Å². The Bertz CT molecular complexity index is 1640. The first-order valence-electron chi connectivity index (χ1n) is 15.6. The zero-order valence-corrected chi connectivity index (χ0v) is 26.0. The van der Waals surface area contributed by atoms with Crippen LogP contribution in [0.15, 0.2) is 85.1 Å². The van der Waals surface area contributed by atoms with E-state index >= 15 is 0 Å². The van der Waals surface area contributed by atoms with Crippen molar-refractivity contribution in [1.29, 1.82) is 0 Å². The standard InChI is InChI=1S/C35H42N6O6/c36-17-7-6-12-29(33(44)41-31(35(46)47)20-24-21-38-28-11-5-4-10-26(24)28)39-34(45)30(19-22-8-2-1-3-9-22)40-32(43)27(37)18-23-13-15-25(42)16-14-23/h1-5,8-11,13-16,21,27,29-31,38,42H,6-7,12,17-20,36-37H2,(H,39,45)(H,40,43)(H,41,44)(H,46,47). The van der Waals surface area contributed by atoms with Gasteiger partial charge in [0.15, 0.2) is 0 Å². The number of phenols is 1. The molecule has 1 heterocycles. The number of hydrogen-bond donors (Lipinski definition) is 8. The van der Waals surface area contributed by atoms with Crippen molar-refractivity contribution in [3.63, 3.8) is 0 Å². The van der Waals surface area contributed by atoms with Gasteiger partial charge in [-0.2, -0.15) is 0 Å². The summed E-state index contributed by atoms with van der Waals surface area (Å²) in [4.78, 5) is 55.9. The highest BCUT2D eigenvalue weighted by molar-refractivity contribution is 5.94. The molecule has 0 aliphatic heterocycles. The molecule has 1 aromatic heterocycles. The number of unbranched alkanes of at least 4 members (excludes halogenated alkanes) is 1. The van der Waals surface area contributed by atoms with Gasteiger partial charge in [-0.05, 0) is 67.1 Å². The van der Waals surface area contributed by atoms with Crippen molar-refractivity contribution < 1.29 is 29.4 Å². The number of nitrogens with two attached hydrogens (primary N) is 2. The van der Waals surface area contributed by atoms with Crippen molar-refractivity contribution in [2.75, 3.05) is 6.54 Å². The minimum atomic E-state index is -1.26. The lowest BCUT2D eigenvalue weighted by molar-refractivity contribution is -0.142. The summed E-state index contributed by atoms with van der Waals surface area (Å²) in [6, 6.07) is 18.4. The van der Waals surface area contributed by atoms with Crippen LogP contribution in [0.2, 0.25) is 0 Å². The number of aromatic amines is 1. The molecule has 4 aromatic rings. The van der Waals surface area contributed by atoms with E-state index < -0.39 is 47.9 Å². The number of H-pyrrole nitrogens is 1. The summed E-state index contributed by atoms with van der Waals surface area (Å²) < 4.78 is 0. The molecule has 0 saturated heterocycles. The van der Waals surface area contributed by atoms with Crippen LogP contribution in [0.1, 0.15) is 36.0 Å². The van der Waals surface area contributed by atoms with E-state index in [2.05, 4.69) is 20.9 Å². The molecule has 0 saturated carbocycles. The van der Waals surface area contributed by atoms with Gasteiger partial charge >= 0.3 is 5.97 Å². The van der Waals surface area contributed by atoms with E-state index in [1.54, 1.807) is 18.3 Å². The Labute approximate surface area is 272 Å². The number of carboxylic acids is 1. The topological polar surface area (TPSA) is 213 Å². The number of aromatic hydroxyl groups is 1. The van der Waals surface area contributed by atoms with Gasteiger partial charge in [0.1, 0.15) is 23.9 Å². The second kappa shape index (κ2) is 16.9. The smallest absolute Gasteiger partial charge is 0.326 e. The Morgan fingerprint density at radius 3 is 2.02 bits per heavy atom. The lowest BCUT2D eigenvalue weighted by Gasteiger charge is -2.25. The van der Waals surface area contributed by atoms with Gasteiger partial charge in [-0.25, -0.2) is 4.79 Å². The average molecular weight is 643 g/mol. The number of benzene rings is 3. The number of amides is 3. The van der Waals surface area contributed by atoms with E-state index in [0.29, 0.717) is 19.4 Å². The second-order valence-electron chi connectivity index (χ2n) is 11.5. The predicted octanol–water partition coefficient (Wildman–Crippen LogP) is 1.90. The molecule has 0 spiro atoms. The molecule has 4 atom stereocenters. The summed E-state index contributed by atoms with van der Waals surface area (Å²) in [5.74, 6) is -2.97. The zero-order valence-electron chi connectivity index (χ0n) is 26.0. The highest BCUT2D eigenvalue weighted by Gasteiger charge is 2.31. The molecule has 0 aliphatic rings. The van der Waals surface area contributed by atoms with Crippen LogP contribution in [0.5, 0.6) is 5.75 Å². The van der Waals surface area contributed by atoms with Crippen molar-refractivity contribution in [3.05, 3.63) is 102 Å². The Balaban J connectivity index is 1.49. The van der Waals surface area contributed by atoms with Gasteiger partial charge in [-0.3, -0.25) is 14.4 Å². The number of aromatic nitrogens is 1. The van der Waals surface area contributed by atoms with E-state index in [4.69, 9.17) is 11.5 Å². The number of nitrogens with one attached hydrogen (secondary N) is 4. The molecular formula is C35H42N6O6. The van der Waals surface area contributed by atoms with E-state index in [9.17, 15) is 29.4 Å². The first kappa shape index (κ1) is 34.7. The largest absolute Gasteiger partial charge is 0.508 e. The van der Waals surface area contributed by atoms with Gasteiger partial charge < -0.3 is 42.6 Å². The maximum Gasteiger partial charge on any atom is 0.326 e. The summed E-state index contributed by atoms with van der Waals surface area (Å²) in [6.07, 6.45) is 3.34. The molecule has 0 fully saturated rings. The number of rotatable bonds is 17. The van der Waals surface area contributed by atoms with E-state index in [1.807, 2.05) is 54.6 Å². The number of carbonyl (C=O) groups is 4. The molecule has 10 N–H and O–H groups in total. The minimum Gasteiger partial charge on any atom is -0.508 e. The molecule has 12 heteroatoms. The number of para-hydroxylation sites is 1. The van der Waals surface area contributed by atoms with E-state index in [1.165, 1.54) is 12.1 Å². The highest BCUT2D eigenvalue weighted by Crippen LogP contribution is 2.19. The van der Waals surface area contributed by atoms with Crippen LogP contribution in [-0.2, 0) is 38.4 Å². The van der Waals surface area contributed by atoms with Crippen LogP contribution in [0.3, 0.4) is 0 Å². The highest BCUT2D eigenvalue weighted by atomic mass is 16.4. The molecule has 12 nitrogen and oxygen atoms in total. The molecule has 0 bridgehead atoms. The van der Waals surface area contributed by atoms with Crippen molar-refractivity contribution in [2.45, 2.75) is 62.7 Å². The molecule has 4 unspecified atom stereocenters. The van der Waals surface area contributed by atoms with Gasteiger partial charge in [-0.15, -0.1) is 0 Å². The fourth-order valence-corrected chi connectivity index (χ4v) is 5.34. The number of hydrogen-bond acceptors (Lipinski definition) is 7. The van der Waals surface area contributed by atoms with Gasteiger partial charge in [-0.1, -0.05) is 60.7 Å². The Hall–Kier alpha value is -5.20. The molecule has 3 amide bonds. The van der Waals surface area contributed by atoms with Gasteiger partial charge in [0.2, 0.25) is 17.7 Å². The summed E-state index contributed by atoms with van der Waals surface area (Å²) in [6.45, 7) is 0.381.